The van der Waals surface area contributed by atoms with Crippen LogP contribution in [0.2, 0.25) is 0 Å². The molecule has 0 aromatic heterocycles. The monoisotopic (exact) mass is 374 g/mol. The average molecular weight is 374 g/mol. The normalized spacial score (nSPS) is 11.4. The zero-order valence-corrected chi connectivity index (χ0v) is 14.9. The summed E-state index contributed by atoms with van der Waals surface area (Å²) in [7, 11) is 0. The third-order valence-corrected chi connectivity index (χ3v) is 4.69. The van der Waals surface area contributed by atoms with Gasteiger partial charge in [-0.1, -0.05) is 78.9 Å². The summed E-state index contributed by atoms with van der Waals surface area (Å²) in [6.45, 7) is 0. The molecule has 3 heteroatoms. The second kappa shape index (κ2) is 7.35. The van der Waals surface area contributed by atoms with Crippen LogP contribution in [0.4, 0.5) is 13.2 Å². The van der Waals surface area contributed by atoms with Crippen molar-refractivity contribution in [2.75, 3.05) is 0 Å². The van der Waals surface area contributed by atoms with Gasteiger partial charge in [0.15, 0.2) is 0 Å². The predicted octanol–water partition coefficient (Wildman–Crippen LogP) is 7.85. The first-order valence-corrected chi connectivity index (χ1v) is 8.94. The van der Waals surface area contributed by atoms with E-state index in [4.69, 9.17) is 0 Å². The van der Waals surface area contributed by atoms with Crippen molar-refractivity contribution in [3.63, 3.8) is 0 Å². The van der Waals surface area contributed by atoms with Gasteiger partial charge in [0.1, 0.15) is 0 Å². The highest BCUT2D eigenvalue weighted by Gasteiger charge is 2.30. The summed E-state index contributed by atoms with van der Waals surface area (Å²) in [5.41, 5.74) is -0.606. The first-order valence-electron chi connectivity index (χ1n) is 8.94. The van der Waals surface area contributed by atoms with Gasteiger partial charge in [-0.2, -0.15) is 13.2 Å². The SMILES string of the molecule is FC(F)(F)c1ccc2cc3ccccc3cc2c1.c1ccc2ccccc2c1. The van der Waals surface area contributed by atoms with Crippen LogP contribution in [-0.4, -0.2) is 0 Å². The lowest BCUT2D eigenvalue weighted by molar-refractivity contribution is -0.137. The van der Waals surface area contributed by atoms with Crippen molar-refractivity contribution in [1.82, 2.24) is 0 Å². The Bertz CT molecular complexity index is 1190. The lowest BCUT2D eigenvalue weighted by atomic mass is 10.0. The Hall–Kier alpha value is -3.33. The van der Waals surface area contributed by atoms with Gasteiger partial charge in [-0.25, -0.2) is 0 Å². The van der Waals surface area contributed by atoms with Gasteiger partial charge in [0.05, 0.1) is 5.56 Å². The summed E-state index contributed by atoms with van der Waals surface area (Å²) < 4.78 is 37.9. The topological polar surface area (TPSA) is 0 Å². The van der Waals surface area contributed by atoms with Crippen molar-refractivity contribution >= 4 is 32.3 Å². The van der Waals surface area contributed by atoms with Crippen molar-refractivity contribution in [2.45, 2.75) is 6.18 Å². The third-order valence-electron chi connectivity index (χ3n) is 4.69. The Kier molecular flexibility index (Phi) is 4.74. The Morgan fingerprint density at radius 3 is 1.25 bits per heavy atom. The van der Waals surface area contributed by atoms with E-state index in [1.165, 1.54) is 22.9 Å². The highest BCUT2D eigenvalue weighted by atomic mass is 19.4. The van der Waals surface area contributed by atoms with Crippen LogP contribution < -0.4 is 0 Å². The predicted molar refractivity (Wildman–Crippen MR) is 110 cm³/mol. The largest absolute Gasteiger partial charge is 0.416 e. The molecule has 0 spiro atoms. The maximum atomic E-state index is 12.6. The summed E-state index contributed by atoms with van der Waals surface area (Å²) in [6, 6.07) is 31.9. The van der Waals surface area contributed by atoms with Crippen molar-refractivity contribution in [3.05, 3.63) is 109 Å². The molecule has 0 fully saturated rings. The van der Waals surface area contributed by atoms with E-state index in [0.29, 0.717) is 5.39 Å². The van der Waals surface area contributed by atoms with E-state index < -0.39 is 11.7 Å². The lowest BCUT2D eigenvalue weighted by Gasteiger charge is -2.08. The van der Waals surface area contributed by atoms with Crippen molar-refractivity contribution < 1.29 is 13.2 Å². The van der Waals surface area contributed by atoms with Crippen molar-refractivity contribution in [1.29, 1.82) is 0 Å². The quantitative estimate of drug-likeness (QED) is 0.242. The number of alkyl halides is 3. The number of fused-ring (bicyclic) bond motifs is 3. The molecule has 0 heterocycles. The molecule has 138 valence electrons. The minimum Gasteiger partial charge on any atom is -0.166 e. The zero-order valence-electron chi connectivity index (χ0n) is 14.9. The molecular formula is C25H17F3. The Labute approximate surface area is 160 Å². The minimum atomic E-state index is -4.29. The van der Waals surface area contributed by atoms with Gasteiger partial charge in [-0.05, 0) is 56.6 Å². The van der Waals surface area contributed by atoms with Crippen LogP contribution in [0.25, 0.3) is 32.3 Å². The lowest BCUT2D eigenvalue weighted by Crippen LogP contribution is -2.04. The van der Waals surface area contributed by atoms with E-state index in [1.807, 2.05) is 30.3 Å². The van der Waals surface area contributed by atoms with Crippen molar-refractivity contribution in [3.8, 4) is 0 Å². The molecule has 0 nitrogen and oxygen atoms in total. The second-order valence-electron chi connectivity index (χ2n) is 6.61. The number of halogens is 3. The molecule has 0 saturated carbocycles. The van der Waals surface area contributed by atoms with Gasteiger partial charge in [0, 0.05) is 0 Å². The van der Waals surface area contributed by atoms with Gasteiger partial charge in [-0.15, -0.1) is 0 Å². The molecule has 0 N–H and O–H groups in total. The second-order valence-corrected chi connectivity index (χ2v) is 6.61. The first-order chi connectivity index (χ1) is 13.5. The van der Waals surface area contributed by atoms with Crippen LogP contribution >= 0.6 is 0 Å². The molecule has 0 atom stereocenters. The summed E-state index contributed by atoms with van der Waals surface area (Å²) in [4.78, 5) is 0. The molecule has 0 aliphatic rings. The van der Waals surface area contributed by atoms with E-state index >= 15 is 0 Å². The summed E-state index contributed by atoms with van der Waals surface area (Å²) >= 11 is 0. The van der Waals surface area contributed by atoms with Gasteiger partial charge < -0.3 is 0 Å². The number of hydrogen-bond donors (Lipinski definition) is 0. The van der Waals surface area contributed by atoms with E-state index in [2.05, 4.69) is 48.5 Å². The fourth-order valence-corrected chi connectivity index (χ4v) is 3.25. The summed E-state index contributed by atoms with van der Waals surface area (Å²) in [5, 5.41) is 6.04. The molecule has 0 amide bonds. The zero-order chi connectivity index (χ0) is 19.6. The van der Waals surface area contributed by atoms with Crippen LogP contribution in [0.3, 0.4) is 0 Å². The Balaban J connectivity index is 0.000000162. The molecule has 0 aliphatic heterocycles. The van der Waals surface area contributed by atoms with Crippen molar-refractivity contribution in [2.24, 2.45) is 0 Å². The number of benzene rings is 5. The van der Waals surface area contributed by atoms with Gasteiger partial charge in [0.25, 0.3) is 0 Å². The molecule has 0 bridgehead atoms. The molecule has 5 rings (SSSR count). The average Bonchev–Trinajstić information content (AvgIpc) is 2.71. The van der Waals surface area contributed by atoms with E-state index in [0.717, 1.165) is 22.2 Å². The molecule has 5 aromatic rings. The molecule has 0 saturated heterocycles. The summed E-state index contributed by atoms with van der Waals surface area (Å²) in [5.74, 6) is 0. The van der Waals surface area contributed by atoms with E-state index in [-0.39, 0.29) is 0 Å². The van der Waals surface area contributed by atoms with Crippen LogP contribution in [0.15, 0.2) is 103 Å². The Morgan fingerprint density at radius 1 is 0.393 bits per heavy atom. The van der Waals surface area contributed by atoms with Crippen LogP contribution in [0.1, 0.15) is 5.56 Å². The van der Waals surface area contributed by atoms with Gasteiger partial charge in [0.2, 0.25) is 0 Å². The van der Waals surface area contributed by atoms with Crippen LogP contribution in [-0.2, 0) is 6.18 Å². The fourth-order valence-electron chi connectivity index (χ4n) is 3.25. The standard InChI is InChI=1S/C15H9F3.C10H8/c16-15(17,18)14-6-5-12-7-10-3-1-2-4-11(10)8-13(12)9-14;1-2-6-10-8-4-3-7-9(10)5-1/h1-9H;1-8H. The van der Waals surface area contributed by atoms with Gasteiger partial charge in [-0.3, -0.25) is 0 Å². The first kappa shape index (κ1) is 18.1. The number of rotatable bonds is 0. The molecule has 0 unspecified atom stereocenters. The highest BCUT2D eigenvalue weighted by molar-refractivity contribution is 5.98. The highest BCUT2D eigenvalue weighted by Crippen LogP contribution is 2.32. The molecule has 0 radical (unpaired) electrons. The number of hydrogen-bond acceptors (Lipinski definition) is 0. The maximum Gasteiger partial charge on any atom is 0.416 e. The molecular weight excluding hydrogens is 357 g/mol. The van der Waals surface area contributed by atoms with Gasteiger partial charge >= 0.3 is 6.18 Å². The minimum absolute atomic E-state index is 0.606. The smallest absolute Gasteiger partial charge is 0.166 e. The van der Waals surface area contributed by atoms with E-state index in [9.17, 15) is 13.2 Å². The maximum absolute atomic E-state index is 12.6. The van der Waals surface area contributed by atoms with Crippen LogP contribution in [0.5, 0.6) is 0 Å². The Morgan fingerprint density at radius 2 is 0.786 bits per heavy atom. The third kappa shape index (κ3) is 3.84. The molecule has 5 aromatic carbocycles. The van der Waals surface area contributed by atoms with Crippen LogP contribution in [0, 0.1) is 0 Å². The summed E-state index contributed by atoms with van der Waals surface area (Å²) in [6.07, 6.45) is -4.29. The van der Waals surface area contributed by atoms with E-state index in [1.54, 1.807) is 6.07 Å². The molecule has 0 aliphatic carbocycles. The molecule has 28 heavy (non-hydrogen) atoms. The fraction of sp³-hybridized carbons (Fsp3) is 0.0400.